The van der Waals surface area contributed by atoms with E-state index in [1.165, 1.54) is 6.07 Å². The van der Waals surface area contributed by atoms with Crippen LogP contribution in [0.5, 0.6) is 0 Å². The molecule has 1 aliphatic rings. The third-order valence-electron chi connectivity index (χ3n) is 3.17. The molecule has 0 aromatic carbocycles. The molecule has 0 amide bonds. The summed E-state index contributed by atoms with van der Waals surface area (Å²) in [6.45, 7) is 1.55. The standard InChI is InChI=1S/C11H16N2O5/c14-7-11(1-3-17-4-2-11)12-6-8-5-9(10(15)16)13-18-8/h5,12,14H,1-4,6-7H2,(H,15,16). The van der Waals surface area contributed by atoms with Gasteiger partial charge in [-0.05, 0) is 12.8 Å². The highest BCUT2D eigenvalue weighted by molar-refractivity contribution is 5.85. The molecule has 0 bridgehead atoms. The van der Waals surface area contributed by atoms with Crippen LogP contribution >= 0.6 is 0 Å². The minimum atomic E-state index is -1.12. The van der Waals surface area contributed by atoms with E-state index in [0.29, 0.717) is 38.4 Å². The van der Waals surface area contributed by atoms with Crippen LogP contribution in [0, 0.1) is 0 Å². The number of aliphatic hydroxyl groups excluding tert-OH is 1. The first-order valence-electron chi connectivity index (χ1n) is 5.78. The average molecular weight is 256 g/mol. The summed E-state index contributed by atoms with van der Waals surface area (Å²) in [6, 6.07) is 1.37. The van der Waals surface area contributed by atoms with Crippen molar-refractivity contribution >= 4 is 5.97 Å². The quantitative estimate of drug-likeness (QED) is 0.681. The van der Waals surface area contributed by atoms with Gasteiger partial charge in [-0.1, -0.05) is 5.16 Å². The molecule has 7 nitrogen and oxygen atoms in total. The van der Waals surface area contributed by atoms with Crippen LogP contribution in [0.2, 0.25) is 0 Å². The van der Waals surface area contributed by atoms with Crippen molar-refractivity contribution in [3.8, 4) is 0 Å². The van der Waals surface area contributed by atoms with Crippen molar-refractivity contribution in [2.75, 3.05) is 19.8 Å². The Labute approximate surface area is 104 Å². The molecule has 100 valence electrons. The summed E-state index contributed by atoms with van der Waals surface area (Å²) in [7, 11) is 0. The van der Waals surface area contributed by atoms with Crippen molar-refractivity contribution in [1.82, 2.24) is 10.5 Å². The number of nitrogens with one attached hydrogen (secondary N) is 1. The predicted molar refractivity (Wildman–Crippen MR) is 60.2 cm³/mol. The fourth-order valence-electron chi connectivity index (χ4n) is 1.92. The summed E-state index contributed by atoms with van der Waals surface area (Å²) in [5, 5.41) is 24.8. The van der Waals surface area contributed by atoms with E-state index in [-0.39, 0.29) is 17.8 Å². The molecule has 1 aliphatic heterocycles. The summed E-state index contributed by atoms with van der Waals surface area (Å²) < 4.78 is 10.1. The van der Waals surface area contributed by atoms with E-state index in [0.717, 1.165) is 0 Å². The van der Waals surface area contributed by atoms with Crippen LogP contribution in [-0.2, 0) is 11.3 Å². The van der Waals surface area contributed by atoms with E-state index in [1.807, 2.05) is 0 Å². The molecular weight excluding hydrogens is 240 g/mol. The van der Waals surface area contributed by atoms with E-state index < -0.39 is 5.97 Å². The van der Waals surface area contributed by atoms with E-state index in [1.54, 1.807) is 0 Å². The van der Waals surface area contributed by atoms with Crippen LogP contribution in [0.4, 0.5) is 0 Å². The zero-order valence-corrected chi connectivity index (χ0v) is 9.89. The topological polar surface area (TPSA) is 105 Å². The molecular formula is C11H16N2O5. The number of hydrogen-bond acceptors (Lipinski definition) is 6. The van der Waals surface area contributed by atoms with Gasteiger partial charge in [-0.25, -0.2) is 4.79 Å². The van der Waals surface area contributed by atoms with Crippen LogP contribution in [0.25, 0.3) is 0 Å². The van der Waals surface area contributed by atoms with Crippen LogP contribution in [0.1, 0.15) is 29.1 Å². The number of ether oxygens (including phenoxy) is 1. The van der Waals surface area contributed by atoms with Gasteiger partial charge in [0.15, 0.2) is 11.5 Å². The van der Waals surface area contributed by atoms with Crippen molar-refractivity contribution in [3.63, 3.8) is 0 Å². The molecule has 3 N–H and O–H groups in total. The molecule has 2 heterocycles. The smallest absolute Gasteiger partial charge is 0.358 e. The Kier molecular flexibility index (Phi) is 3.95. The molecule has 1 aromatic heterocycles. The fraction of sp³-hybridized carbons (Fsp3) is 0.636. The summed E-state index contributed by atoms with van der Waals surface area (Å²) >= 11 is 0. The molecule has 0 saturated carbocycles. The Hall–Kier alpha value is -1.44. The van der Waals surface area contributed by atoms with Gasteiger partial charge in [-0.2, -0.15) is 0 Å². The number of carbonyl (C=O) groups is 1. The third kappa shape index (κ3) is 2.87. The van der Waals surface area contributed by atoms with Gasteiger partial charge < -0.3 is 24.8 Å². The summed E-state index contributed by atoms with van der Waals surface area (Å²) in [6.07, 6.45) is 1.42. The number of carboxylic acids is 1. The third-order valence-corrected chi connectivity index (χ3v) is 3.17. The van der Waals surface area contributed by atoms with Crippen molar-refractivity contribution in [3.05, 3.63) is 17.5 Å². The minimum absolute atomic E-state index is 0.0102. The zero-order valence-electron chi connectivity index (χ0n) is 9.89. The molecule has 1 saturated heterocycles. The van der Waals surface area contributed by atoms with E-state index in [4.69, 9.17) is 14.4 Å². The summed E-state index contributed by atoms with van der Waals surface area (Å²) in [5.74, 6) is -0.681. The first-order valence-corrected chi connectivity index (χ1v) is 5.78. The van der Waals surface area contributed by atoms with Crippen molar-refractivity contribution in [2.45, 2.75) is 24.9 Å². The second-order valence-electron chi connectivity index (χ2n) is 4.39. The molecule has 2 rings (SSSR count). The SMILES string of the molecule is O=C(O)c1cc(CNC2(CO)CCOCC2)on1. The molecule has 7 heteroatoms. The molecule has 0 unspecified atom stereocenters. The van der Waals surface area contributed by atoms with Crippen LogP contribution < -0.4 is 5.32 Å². The Balaban J connectivity index is 1.94. The molecule has 0 radical (unpaired) electrons. The fourth-order valence-corrected chi connectivity index (χ4v) is 1.92. The minimum Gasteiger partial charge on any atom is -0.476 e. The van der Waals surface area contributed by atoms with E-state index in [9.17, 15) is 9.90 Å². The predicted octanol–water partition coefficient (Wildman–Crippen LogP) is 0.00390. The van der Waals surface area contributed by atoms with Gasteiger partial charge in [0.05, 0.1) is 13.2 Å². The van der Waals surface area contributed by atoms with Gasteiger partial charge in [0.2, 0.25) is 0 Å². The van der Waals surface area contributed by atoms with Crippen LogP contribution in [0.15, 0.2) is 10.6 Å². The summed E-state index contributed by atoms with van der Waals surface area (Å²) in [5.41, 5.74) is -0.495. The van der Waals surface area contributed by atoms with Gasteiger partial charge >= 0.3 is 5.97 Å². The molecule has 0 atom stereocenters. The van der Waals surface area contributed by atoms with Gasteiger partial charge in [-0.3, -0.25) is 0 Å². The number of rotatable bonds is 5. The first-order chi connectivity index (χ1) is 8.65. The number of nitrogens with zero attached hydrogens (tertiary/aromatic N) is 1. The van der Waals surface area contributed by atoms with Gasteiger partial charge in [0, 0.05) is 24.8 Å². The lowest BCUT2D eigenvalue weighted by molar-refractivity contribution is 0.0102. The van der Waals surface area contributed by atoms with Crippen molar-refractivity contribution in [1.29, 1.82) is 0 Å². The maximum absolute atomic E-state index is 10.6. The van der Waals surface area contributed by atoms with E-state index in [2.05, 4.69) is 10.5 Å². The lowest BCUT2D eigenvalue weighted by Gasteiger charge is -2.36. The Morgan fingerprint density at radius 3 is 2.78 bits per heavy atom. The number of aromatic carboxylic acids is 1. The summed E-state index contributed by atoms with van der Waals surface area (Å²) in [4.78, 5) is 10.6. The first kappa shape index (κ1) is 13.0. The highest BCUT2D eigenvalue weighted by atomic mass is 16.5. The average Bonchev–Trinajstić information content (AvgIpc) is 2.87. The lowest BCUT2D eigenvalue weighted by Crippen LogP contribution is -2.51. The maximum Gasteiger partial charge on any atom is 0.358 e. The number of hydrogen-bond donors (Lipinski definition) is 3. The lowest BCUT2D eigenvalue weighted by atomic mass is 9.91. The van der Waals surface area contributed by atoms with Crippen LogP contribution in [0.3, 0.4) is 0 Å². The maximum atomic E-state index is 10.6. The van der Waals surface area contributed by atoms with E-state index >= 15 is 0 Å². The number of carboxylic acid groups (broad SMARTS) is 1. The second-order valence-corrected chi connectivity index (χ2v) is 4.39. The Bertz CT molecular complexity index is 411. The van der Waals surface area contributed by atoms with Gasteiger partial charge in [0.1, 0.15) is 0 Å². The Morgan fingerprint density at radius 1 is 1.50 bits per heavy atom. The molecule has 0 aliphatic carbocycles. The monoisotopic (exact) mass is 256 g/mol. The largest absolute Gasteiger partial charge is 0.476 e. The molecule has 0 spiro atoms. The van der Waals surface area contributed by atoms with Gasteiger partial charge in [0.25, 0.3) is 0 Å². The second kappa shape index (κ2) is 5.47. The van der Waals surface area contributed by atoms with Crippen LogP contribution in [-0.4, -0.2) is 46.7 Å². The Morgan fingerprint density at radius 2 is 2.22 bits per heavy atom. The highest BCUT2D eigenvalue weighted by Gasteiger charge is 2.31. The van der Waals surface area contributed by atoms with Crippen molar-refractivity contribution < 1.29 is 24.3 Å². The normalized spacial score (nSPS) is 18.7. The molecule has 18 heavy (non-hydrogen) atoms. The van der Waals surface area contributed by atoms with Gasteiger partial charge in [-0.15, -0.1) is 0 Å². The zero-order chi connectivity index (χ0) is 13.0. The number of aliphatic hydroxyl groups is 1. The molecule has 1 fully saturated rings. The highest BCUT2D eigenvalue weighted by Crippen LogP contribution is 2.20. The van der Waals surface area contributed by atoms with Crippen molar-refractivity contribution in [2.24, 2.45) is 0 Å². The number of aromatic nitrogens is 1. The molecule has 1 aromatic rings.